The monoisotopic (exact) mass is 128 g/mol. The van der Waals surface area contributed by atoms with Crippen LogP contribution in [0.4, 0.5) is 0 Å². The van der Waals surface area contributed by atoms with E-state index < -0.39 is 0 Å². The molecule has 0 aromatic rings. The van der Waals surface area contributed by atoms with E-state index in [2.05, 4.69) is 13.8 Å². The number of ether oxygens (including phenoxy) is 1. The summed E-state index contributed by atoms with van der Waals surface area (Å²) in [6.07, 6.45) is 4.35. The van der Waals surface area contributed by atoms with Crippen molar-refractivity contribution in [2.45, 2.75) is 39.2 Å². The number of rotatable bonds is 2. The second-order valence-electron chi connectivity index (χ2n) is 2.77. The molecule has 0 saturated carbocycles. The van der Waals surface area contributed by atoms with Gasteiger partial charge in [0, 0.05) is 6.61 Å². The van der Waals surface area contributed by atoms with Gasteiger partial charge in [-0.15, -0.1) is 0 Å². The first-order valence-electron chi connectivity index (χ1n) is 4.00. The molecule has 2 unspecified atom stereocenters. The average molecular weight is 128 g/mol. The minimum Gasteiger partial charge on any atom is -0.378 e. The van der Waals surface area contributed by atoms with Gasteiger partial charge in [-0.25, -0.2) is 0 Å². The van der Waals surface area contributed by atoms with Crippen molar-refractivity contribution in [3.8, 4) is 0 Å². The van der Waals surface area contributed by atoms with Crippen molar-refractivity contribution in [3.05, 3.63) is 0 Å². The Bertz CT molecular complexity index is 70.6. The largest absolute Gasteiger partial charge is 0.378 e. The summed E-state index contributed by atoms with van der Waals surface area (Å²) in [6, 6.07) is 0. The molecule has 0 N–H and O–H groups in total. The van der Waals surface area contributed by atoms with Gasteiger partial charge in [-0.1, -0.05) is 20.3 Å². The van der Waals surface area contributed by atoms with Crippen molar-refractivity contribution in [2.24, 2.45) is 5.92 Å². The third-order valence-corrected chi connectivity index (χ3v) is 2.27. The smallest absolute Gasteiger partial charge is 0.0601 e. The molecule has 1 aliphatic rings. The highest BCUT2D eigenvalue weighted by atomic mass is 16.5. The standard InChI is InChI=1S/C8H16O/c1-3-7-5-6-9-8(7)4-2/h7-8H,3-6H2,1-2H3. The first-order chi connectivity index (χ1) is 4.38. The number of hydrogen-bond acceptors (Lipinski definition) is 1. The van der Waals surface area contributed by atoms with Crippen LogP contribution in [0.1, 0.15) is 33.1 Å². The highest BCUT2D eigenvalue weighted by molar-refractivity contribution is 4.73. The summed E-state index contributed by atoms with van der Waals surface area (Å²) in [4.78, 5) is 0. The van der Waals surface area contributed by atoms with E-state index in [1.54, 1.807) is 0 Å². The first kappa shape index (κ1) is 7.07. The fourth-order valence-corrected chi connectivity index (χ4v) is 1.61. The van der Waals surface area contributed by atoms with E-state index in [4.69, 9.17) is 4.74 Å². The summed E-state index contributed by atoms with van der Waals surface area (Å²) in [5, 5.41) is 0. The van der Waals surface area contributed by atoms with Crippen LogP contribution in [0.5, 0.6) is 0 Å². The van der Waals surface area contributed by atoms with E-state index in [1.165, 1.54) is 19.3 Å². The maximum absolute atomic E-state index is 5.51. The molecule has 1 aliphatic heterocycles. The molecule has 2 atom stereocenters. The van der Waals surface area contributed by atoms with Gasteiger partial charge >= 0.3 is 0 Å². The summed E-state index contributed by atoms with van der Waals surface area (Å²) >= 11 is 0. The summed E-state index contributed by atoms with van der Waals surface area (Å²) < 4.78 is 5.51. The summed E-state index contributed by atoms with van der Waals surface area (Å²) in [5.41, 5.74) is 0. The van der Waals surface area contributed by atoms with Gasteiger partial charge in [-0.3, -0.25) is 0 Å². The van der Waals surface area contributed by atoms with E-state index in [9.17, 15) is 0 Å². The molecule has 1 heteroatoms. The third-order valence-electron chi connectivity index (χ3n) is 2.27. The van der Waals surface area contributed by atoms with Crippen LogP contribution in [0.15, 0.2) is 0 Å². The molecule has 9 heavy (non-hydrogen) atoms. The maximum atomic E-state index is 5.51. The Labute approximate surface area is 57.4 Å². The molecule has 1 saturated heterocycles. The Morgan fingerprint density at radius 2 is 2.11 bits per heavy atom. The molecule has 54 valence electrons. The molecule has 0 radical (unpaired) electrons. The Balaban J connectivity index is 2.32. The van der Waals surface area contributed by atoms with Crippen molar-refractivity contribution in [1.82, 2.24) is 0 Å². The van der Waals surface area contributed by atoms with Crippen LogP contribution >= 0.6 is 0 Å². The van der Waals surface area contributed by atoms with Gasteiger partial charge < -0.3 is 4.74 Å². The van der Waals surface area contributed by atoms with Gasteiger partial charge in [0.05, 0.1) is 6.10 Å². The molecule has 0 spiro atoms. The SMILES string of the molecule is CCC1CCOC1CC. The van der Waals surface area contributed by atoms with Crippen LogP contribution in [-0.2, 0) is 4.74 Å². The van der Waals surface area contributed by atoms with Gasteiger partial charge in [0.15, 0.2) is 0 Å². The fraction of sp³-hybridized carbons (Fsp3) is 1.00. The normalized spacial score (nSPS) is 35.3. The molecule has 1 nitrogen and oxygen atoms in total. The van der Waals surface area contributed by atoms with Gasteiger partial charge in [0.2, 0.25) is 0 Å². The lowest BCUT2D eigenvalue weighted by molar-refractivity contribution is 0.0867. The highest BCUT2D eigenvalue weighted by Crippen LogP contribution is 2.25. The zero-order valence-corrected chi connectivity index (χ0v) is 6.39. The van der Waals surface area contributed by atoms with Crippen LogP contribution in [0.25, 0.3) is 0 Å². The molecular weight excluding hydrogens is 112 g/mol. The lowest BCUT2D eigenvalue weighted by Crippen LogP contribution is -2.13. The minimum absolute atomic E-state index is 0.579. The first-order valence-corrected chi connectivity index (χ1v) is 4.00. The van der Waals surface area contributed by atoms with E-state index in [-0.39, 0.29) is 0 Å². The Hall–Kier alpha value is -0.0400. The topological polar surface area (TPSA) is 9.23 Å². The molecule has 0 amide bonds. The molecule has 0 aromatic heterocycles. The highest BCUT2D eigenvalue weighted by Gasteiger charge is 2.24. The van der Waals surface area contributed by atoms with Gasteiger partial charge in [-0.05, 0) is 18.8 Å². The van der Waals surface area contributed by atoms with Crippen LogP contribution < -0.4 is 0 Å². The number of hydrogen-bond donors (Lipinski definition) is 0. The molecule has 0 aliphatic carbocycles. The lowest BCUT2D eigenvalue weighted by atomic mass is 9.97. The second kappa shape index (κ2) is 3.21. The van der Waals surface area contributed by atoms with Crippen LogP contribution in [-0.4, -0.2) is 12.7 Å². The molecule has 1 fully saturated rings. The van der Waals surface area contributed by atoms with Crippen molar-refractivity contribution in [1.29, 1.82) is 0 Å². The maximum Gasteiger partial charge on any atom is 0.0601 e. The second-order valence-corrected chi connectivity index (χ2v) is 2.77. The third kappa shape index (κ3) is 1.45. The lowest BCUT2D eigenvalue weighted by Gasteiger charge is -2.13. The summed E-state index contributed by atoms with van der Waals surface area (Å²) in [7, 11) is 0. The summed E-state index contributed by atoms with van der Waals surface area (Å²) in [5.74, 6) is 0.856. The van der Waals surface area contributed by atoms with Crippen LogP contribution in [0, 0.1) is 5.92 Å². The summed E-state index contributed by atoms with van der Waals surface area (Å²) in [6.45, 7) is 5.46. The van der Waals surface area contributed by atoms with E-state index in [0.717, 1.165) is 12.5 Å². The quantitative estimate of drug-likeness (QED) is 0.554. The van der Waals surface area contributed by atoms with E-state index in [0.29, 0.717) is 6.10 Å². The predicted octanol–water partition coefficient (Wildman–Crippen LogP) is 2.21. The average Bonchev–Trinajstić information content (AvgIpc) is 2.33. The Kier molecular flexibility index (Phi) is 2.52. The minimum atomic E-state index is 0.579. The molecule has 0 bridgehead atoms. The van der Waals surface area contributed by atoms with Gasteiger partial charge in [-0.2, -0.15) is 0 Å². The Morgan fingerprint density at radius 3 is 2.56 bits per heavy atom. The zero-order chi connectivity index (χ0) is 6.69. The van der Waals surface area contributed by atoms with Crippen LogP contribution in [0.2, 0.25) is 0 Å². The van der Waals surface area contributed by atoms with Crippen molar-refractivity contribution >= 4 is 0 Å². The molecular formula is C8H16O. The molecule has 1 rings (SSSR count). The van der Waals surface area contributed by atoms with E-state index in [1.807, 2.05) is 0 Å². The predicted molar refractivity (Wildman–Crippen MR) is 38.4 cm³/mol. The van der Waals surface area contributed by atoms with Crippen molar-refractivity contribution in [3.63, 3.8) is 0 Å². The van der Waals surface area contributed by atoms with Gasteiger partial charge in [0.1, 0.15) is 0 Å². The van der Waals surface area contributed by atoms with Gasteiger partial charge in [0.25, 0.3) is 0 Å². The molecule has 0 aromatic carbocycles. The zero-order valence-electron chi connectivity index (χ0n) is 6.39. The van der Waals surface area contributed by atoms with Crippen molar-refractivity contribution < 1.29 is 4.74 Å². The Morgan fingerprint density at radius 1 is 1.33 bits per heavy atom. The van der Waals surface area contributed by atoms with Crippen molar-refractivity contribution in [2.75, 3.05) is 6.61 Å². The van der Waals surface area contributed by atoms with Crippen LogP contribution in [0.3, 0.4) is 0 Å². The fourth-order valence-electron chi connectivity index (χ4n) is 1.61. The van der Waals surface area contributed by atoms with E-state index >= 15 is 0 Å². The molecule has 1 heterocycles.